The predicted molar refractivity (Wildman–Crippen MR) is 150 cm³/mol. The normalized spacial score (nSPS) is 13.5. The van der Waals surface area contributed by atoms with Crippen molar-refractivity contribution in [3.63, 3.8) is 0 Å². The largest absolute Gasteiger partial charge is 0.480 e. The van der Waals surface area contributed by atoms with E-state index < -0.39 is 0 Å². The fraction of sp³-hybridized carbons (Fsp3) is 0.310. The van der Waals surface area contributed by atoms with Gasteiger partial charge in [0, 0.05) is 26.8 Å². The number of rotatable bonds is 6. The number of hydrogen-bond donors (Lipinski definition) is 1. The van der Waals surface area contributed by atoms with Gasteiger partial charge in [-0.15, -0.1) is 17.8 Å². The molecule has 1 amide bonds. The van der Waals surface area contributed by atoms with Gasteiger partial charge < -0.3 is 10.1 Å². The summed E-state index contributed by atoms with van der Waals surface area (Å²) in [5, 5.41) is 3.90. The Labute approximate surface area is 220 Å². The minimum atomic E-state index is -0.0954. The average Bonchev–Trinajstić information content (AvgIpc) is 3.15. The molecule has 1 heterocycles. The van der Waals surface area contributed by atoms with Crippen LogP contribution < -0.4 is 10.1 Å². The average molecular weight is 550 g/mol. The van der Waals surface area contributed by atoms with Crippen LogP contribution >= 0.6 is 27.3 Å². The Morgan fingerprint density at radius 3 is 2.77 bits per heavy atom. The molecule has 1 aliphatic rings. The number of hydrogen-bond acceptors (Lipinski definition) is 4. The summed E-state index contributed by atoms with van der Waals surface area (Å²) >= 11 is 5.16. The van der Waals surface area contributed by atoms with Crippen molar-refractivity contribution in [2.45, 2.75) is 52.4 Å². The summed E-state index contributed by atoms with van der Waals surface area (Å²) in [6, 6.07) is 11.8. The predicted octanol–water partition coefficient (Wildman–Crippen LogP) is 7.80. The van der Waals surface area contributed by atoms with E-state index in [9.17, 15) is 4.79 Å². The summed E-state index contributed by atoms with van der Waals surface area (Å²) < 4.78 is 6.62. The maximum absolute atomic E-state index is 13.7. The van der Waals surface area contributed by atoms with Gasteiger partial charge in [0.25, 0.3) is 5.91 Å². The second-order valence-corrected chi connectivity index (χ2v) is 10.8. The first-order chi connectivity index (χ1) is 17.0. The maximum Gasteiger partial charge on any atom is 0.259 e. The number of fused-ring (bicyclic) bond motifs is 1. The van der Waals surface area contributed by atoms with Crippen LogP contribution in [0.3, 0.4) is 0 Å². The number of terminal acetylenes is 1. The van der Waals surface area contributed by atoms with E-state index in [-0.39, 0.29) is 12.5 Å². The molecule has 0 radical (unpaired) electrons. The van der Waals surface area contributed by atoms with E-state index in [4.69, 9.17) is 16.2 Å². The minimum Gasteiger partial charge on any atom is -0.480 e. The number of benzene rings is 2. The number of aryl methyl sites for hydroxylation is 3. The van der Waals surface area contributed by atoms with Crippen molar-refractivity contribution in [2.75, 3.05) is 11.9 Å². The molecule has 0 bridgehead atoms. The first kappa shape index (κ1) is 25.2. The van der Waals surface area contributed by atoms with Crippen molar-refractivity contribution in [1.29, 1.82) is 0 Å². The molecule has 4 nitrogen and oxygen atoms in total. The van der Waals surface area contributed by atoms with Crippen LogP contribution in [0, 0.1) is 26.2 Å². The SMILES string of the molecule is C#CCOc1ccc(Br)cc1C=Nc1sc2c(c1C(=O)Nc1cc(C)ccc1C)CCCCCC2. The zero-order chi connectivity index (χ0) is 24.8. The molecule has 0 saturated heterocycles. The molecule has 6 heteroatoms. The van der Waals surface area contributed by atoms with E-state index in [1.165, 1.54) is 17.7 Å². The number of nitrogens with zero attached hydrogens (tertiary/aromatic N) is 1. The van der Waals surface area contributed by atoms with Gasteiger partial charge in [0.1, 0.15) is 17.4 Å². The number of nitrogens with one attached hydrogen (secondary N) is 1. The van der Waals surface area contributed by atoms with Gasteiger partial charge in [-0.25, -0.2) is 4.99 Å². The second kappa shape index (κ2) is 11.7. The monoisotopic (exact) mass is 548 g/mol. The Kier molecular flexibility index (Phi) is 8.43. The van der Waals surface area contributed by atoms with Gasteiger partial charge in [-0.3, -0.25) is 4.79 Å². The Morgan fingerprint density at radius 1 is 1.17 bits per heavy atom. The van der Waals surface area contributed by atoms with Gasteiger partial charge in [-0.2, -0.15) is 0 Å². The molecule has 0 aliphatic heterocycles. The Balaban J connectivity index is 1.74. The molecule has 0 atom stereocenters. The summed E-state index contributed by atoms with van der Waals surface area (Å²) in [5.74, 6) is 3.07. The third-order valence-electron chi connectivity index (χ3n) is 6.12. The Bertz CT molecular complexity index is 1300. The van der Waals surface area contributed by atoms with Crippen LogP contribution in [0.15, 0.2) is 45.9 Å². The molecule has 180 valence electrons. The highest BCUT2D eigenvalue weighted by atomic mass is 79.9. The standard InChI is InChI=1S/C29H29BrN2O2S/c1-4-15-34-25-14-13-22(30)17-21(25)18-31-29-27(23-9-7-5-6-8-10-26(23)35-29)28(33)32-24-16-19(2)11-12-20(24)3/h1,11-14,16-18H,5-10,15H2,2-3H3,(H,32,33). The molecule has 0 saturated carbocycles. The molecule has 35 heavy (non-hydrogen) atoms. The van der Waals surface area contributed by atoms with Crippen molar-refractivity contribution >= 4 is 50.1 Å². The van der Waals surface area contributed by atoms with Crippen molar-refractivity contribution in [3.8, 4) is 18.1 Å². The van der Waals surface area contributed by atoms with E-state index in [1.807, 2.05) is 44.2 Å². The molecule has 1 N–H and O–H groups in total. The van der Waals surface area contributed by atoms with Gasteiger partial charge in [0.15, 0.2) is 0 Å². The van der Waals surface area contributed by atoms with Crippen LogP contribution in [-0.4, -0.2) is 18.7 Å². The minimum absolute atomic E-state index is 0.0954. The molecular weight excluding hydrogens is 520 g/mol. The van der Waals surface area contributed by atoms with Gasteiger partial charge >= 0.3 is 0 Å². The Hall–Kier alpha value is -2.88. The third kappa shape index (κ3) is 6.22. The summed E-state index contributed by atoms with van der Waals surface area (Å²) in [4.78, 5) is 19.8. The molecule has 3 aromatic rings. The number of thiophene rings is 1. The van der Waals surface area contributed by atoms with Crippen LogP contribution in [0.4, 0.5) is 10.7 Å². The number of amides is 1. The van der Waals surface area contributed by atoms with E-state index in [1.54, 1.807) is 17.6 Å². The molecule has 2 aromatic carbocycles. The van der Waals surface area contributed by atoms with Crippen LogP contribution in [0.1, 0.15) is 63.2 Å². The van der Waals surface area contributed by atoms with Crippen molar-refractivity contribution < 1.29 is 9.53 Å². The van der Waals surface area contributed by atoms with Gasteiger partial charge in [0.05, 0.1) is 5.56 Å². The number of carbonyl (C=O) groups excluding carboxylic acids is 1. The first-order valence-electron chi connectivity index (χ1n) is 11.9. The molecule has 1 aromatic heterocycles. The van der Waals surface area contributed by atoms with Crippen molar-refractivity contribution in [1.82, 2.24) is 0 Å². The van der Waals surface area contributed by atoms with Gasteiger partial charge in [-0.05, 0) is 80.5 Å². The fourth-order valence-electron chi connectivity index (χ4n) is 4.28. The molecule has 0 unspecified atom stereocenters. The Morgan fingerprint density at radius 2 is 1.97 bits per heavy atom. The third-order valence-corrected chi connectivity index (χ3v) is 7.82. The summed E-state index contributed by atoms with van der Waals surface area (Å²) in [6.45, 7) is 4.22. The van der Waals surface area contributed by atoms with E-state index in [0.717, 1.165) is 63.1 Å². The zero-order valence-electron chi connectivity index (χ0n) is 20.1. The smallest absolute Gasteiger partial charge is 0.259 e. The van der Waals surface area contributed by atoms with Crippen LogP contribution in [0.2, 0.25) is 0 Å². The number of carbonyl (C=O) groups is 1. The van der Waals surface area contributed by atoms with Crippen LogP contribution in [0.25, 0.3) is 0 Å². The van der Waals surface area contributed by atoms with E-state index in [0.29, 0.717) is 11.3 Å². The number of aliphatic imine (C=N–C) groups is 1. The number of halogens is 1. The van der Waals surface area contributed by atoms with Crippen molar-refractivity contribution in [2.24, 2.45) is 4.99 Å². The molecular formula is C29H29BrN2O2S. The fourth-order valence-corrected chi connectivity index (χ4v) is 5.89. The summed E-state index contributed by atoms with van der Waals surface area (Å²) in [7, 11) is 0. The highest BCUT2D eigenvalue weighted by molar-refractivity contribution is 9.10. The molecule has 0 fully saturated rings. The molecule has 4 rings (SSSR count). The lowest BCUT2D eigenvalue weighted by molar-refractivity contribution is 0.102. The lowest BCUT2D eigenvalue weighted by Crippen LogP contribution is -2.15. The lowest BCUT2D eigenvalue weighted by atomic mass is 9.96. The quantitative estimate of drug-likeness (QED) is 0.252. The zero-order valence-corrected chi connectivity index (χ0v) is 22.5. The molecule has 0 spiro atoms. The molecule has 1 aliphatic carbocycles. The lowest BCUT2D eigenvalue weighted by Gasteiger charge is -2.13. The topological polar surface area (TPSA) is 50.7 Å². The first-order valence-corrected chi connectivity index (χ1v) is 13.5. The van der Waals surface area contributed by atoms with Gasteiger partial charge in [-0.1, -0.05) is 46.8 Å². The highest BCUT2D eigenvalue weighted by Crippen LogP contribution is 2.39. The van der Waals surface area contributed by atoms with Crippen LogP contribution in [0.5, 0.6) is 5.75 Å². The van der Waals surface area contributed by atoms with E-state index in [2.05, 4.69) is 33.2 Å². The second-order valence-electron chi connectivity index (χ2n) is 8.80. The van der Waals surface area contributed by atoms with E-state index >= 15 is 0 Å². The summed E-state index contributed by atoms with van der Waals surface area (Å²) in [5.41, 5.74) is 5.65. The summed E-state index contributed by atoms with van der Waals surface area (Å²) in [6.07, 6.45) is 13.7. The number of anilines is 1. The van der Waals surface area contributed by atoms with Crippen LogP contribution in [-0.2, 0) is 12.8 Å². The maximum atomic E-state index is 13.7. The highest BCUT2D eigenvalue weighted by Gasteiger charge is 2.24. The number of ether oxygens (including phenoxy) is 1. The van der Waals surface area contributed by atoms with Crippen molar-refractivity contribution in [3.05, 3.63) is 73.6 Å². The van der Waals surface area contributed by atoms with Gasteiger partial charge in [0.2, 0.25) is 0 Å².